The molecule has 1 atom stereocenters. The minimum Gasteiger partial charge on any atom is -0.441 e. The summed E-state index contributed by atoms with van der Waals surface area (Å²) >= 11 is 0. The minimum absolute atomic E-state index is 0.0196. The van der Waals surface area contributed by atoms with E-state index < -0.39 is 9.84 Å². The van der Waals surface area contributed by atoms with Gasteiger partial charge in [-0.1, -0.05) is 18.2 Å². The molecular formula is C16H18N2O4S. The zero-order valence-corrected chi connectivity index (χ0v) is 13.6. The number of oxazole rings is 1. The molecule has 7 heteroatoms. The van der Waals surface area contributed by atoms with Crippen molar-refractivity contribution in [3.8, 4) is 11.5 Å². The second kappa shape index (κ2) is 6.16. The number of rotatable bonds is 4. The SMILES string of the molecule is Cc1oc(-c2ccccc2)nc1CC(=O)N[C@@H]1CCS(=O)(=O)C1. The summed E-state index contributed by atoms with van der Waals surface area (Å²) in [5, 5.41) is 2.76. The molecule has 1 saturated heterocycles. The highest BCUT2D eigenvalue weighted by molar-refractivity contribution is 7.91. The Morgan fingerprint density at radius 1 is 1.35 bits per heavy atom. The summed E-state index contributed by atoms with van der Waals surface area (Å²) in [6.07, 6.45) is 0.555. The van der Waals surface area contributed by atoms with Gasteiger partial charge in [-0.3, -0.25) is 4.79 Å². The predicted molar refractivity (Wildman–Crippen MR) is 85.6 cm³/mol. The molecule has 6 nitrogen and oxygen atoms in total. The van der Waals surface area contributed by atoms with E-state index in [1.54, 1.807) is 6.92 Å². The van der Waals surface area contributed by atoms with Gasteiger partial charge in [0.1, 0.15) is 5.76 Å². The van der Waals surface area contributed by atoms with Crippen LogP contribution in [0.4, 0.5) is 0 Å². The Labute approximate surface area is 134 Å². The lowest BCUT2D eigenvalue weighted by Crippen LogP contribution is -2.36. The fourth-order valence-electron chi connectivity index (χ4n) is 2.64. The Hall–Kier alpha value is -2.15. The lowest BCUT2D eigenvalue weighted by molar-refractivity contribution is -0.121. The third-order valence-electron chi connectivity index (χ3n) is 3.84. The first-order chi connectivity index (χ1) is 10.9. The van der Waals surface area contributed by atoms with E-state index in [0.717, 1.165) is 5.56 Å². The highest BCUT2D eigenvalue weighted by Crippen LogP contribution is 2.21. The third kappa shape index (κ3) is 3.79. The van der Waals surface area contributed by atoms with Crippen molar-refractivity contribution >= 4 is 15.7 Å². The molecule has 0 radical (unpaired) electrons. The molecule has 2 heterocycles. The van der Waals surface area contributed by atoms with Crippen LogP contribution in [0, 0.1) is 6.92 Å². The zero-order valence-electron chi connectivity index (χ0n) is 12.8. The molecule has 3 rings (SSSR count). The van der Waals surface area contributed by atoms with Crippen LogP contribution in [-0.4, -0.2) is 36.9 Å². The zero-order chi connectivity index (χ0) is 16.4. The maximum Gasteiger partial charge on any atom is 0.226 e. The van der Waals surface area contributed by atoms with E-state index in [2.05, 4.69) is 10.3 Å². The smallest absolute Gasteiger partial charge is 0.226 e. The number of amides is 1. The van der Waals surface area contributed by atoms with Crippen LogP contribution < -0.4 is 5.32 Å². The molecule has 1 N–H and O–H groups in total. The van der Waals surface area contributed by atoms with Gasteiger partial charge < -0.3 is 9.73 Å². The second-order valence-corrected chi connectivity index (χ2v) is 7.96. The second-order valence-electron chi connectivity index (χ2n) is 5.73. The summed E-state index contributed by atoms with van der Waals surface area (Å²) in [4.78, 5) is 16.5. The van der Waals surface area contributed by atoms with Gasteiger partial charge in [0.2, 0.25) is 11.8 Å². The molecule has 1 aromatic carbocycles. The molecule has 23 heavy (non-hydrogen) atoms. The molecule has 1 aromatic heterocycles. The number of nitrogens with zero attached hydrogens (tertiary/aromatic N) is 1. The van der Waals surface area contributed by atoms with Crippen molar-refractivity contribution in [2.45, 2.75) is 25.8 Å². The number of aryl methyl sites for hydroxylation is 1. The van der Waals surface area contributed by atoms with Crippen molar-refractivity contribution in [3.05, 3.63) is 41.8 Å². The molecule has 0 bridgehead atoms. The Bertz CT molecular complexity index is 812. The Kier molecular flexibility index (Phi) is 4.21. The fraction of sp³-hybridized carbons (Fsp3) is 0.375. The van der Waals surface area contributed by atoms with Gasteiger partial charge in [0.05, 0.1) is 23.6 Å². The summed E-state index contributed by atoms with van der Waals surface area (Å²) in [6, 6.07) is 9.16. The summed E-state index contributed by atoms with van der Waals surface area (Å²) < 4.78 is 28.5. The molecule has 122 valence electrons. The molecule has 2 aromatic rings. The minimum atomic E-state index is -3.00. The molecule has 0 unspecified atom stereocenters. The van der Waals surface area contributed by atoms with E-state index >= 15 is 0 Å². The maximum atomic E-state index is 12.1. The number of carbonyl (C=O) groups excluding carboxylic acids is 1. The van der Waals surface area contributed by atoms with Gasteiger partial charge >= 0.3 is 0 Å². The number of benzene rings is 1. The van der Waals surface area contributed by atoms with E-state index in [-0.39, 0.29) is 29.9 Å². The fourth-order valence-corrected chi connectivity index (χ4v) is 4.31. The van der Waals surface area contributed by atoms with Crippen molar-refractivity contribution in [3.63, 3.8) is 0 Å². The first kappa shape index (κ1) is 15.7. The van der Waals surface area contributed by atoms with Crippen molar-refractivity contribution < 1.29 is 17.6 Å². The molecule has 1 fully saturated rings. The van der Waals surface area contributed by atoms with Crippen LogP contribution in [0.5, 0.6) is 0 Å². The average Bonchev–Trinajstić information content (AvgIpc) is 3.03. The monoisotopic (exact) mass is 334 g/mol. The summed E-state index contributed by atoms with van der Waals surface area (Å²) in [7, 11) is -3.00. The van der Waals surface area contributed by atoms with Crippen LogP contribution in [0.25, 0.3) is 11.5 Å². The molecule has 0 aliphatic carbocycles. The summed E-state index contributed by atoms with van der Waals surface area (Å²) in [5.74, 6) is 1.00. The topological polar surface area (TPSA) is 89.3 Å². The maximum absolute atomic E-state index is 12.1. The van der Waals surface area contributed by atoms with Crippen LogP contribution in [0.3, 0.4) is 0 Å². The highest BCUT2D eigenvalue weighted by atomic mass is 32.2. The van der Waals surface area contributed by atoms with E-state index in [1.165, 1.54) is 0 Å². The molecule has 0 spiro atoms. The first-order valence-corrected chi connectivity index (χ1v) is 9.26. The Morgan fingerprint density at radius 2 is 2.09 bits per heavy atom. The number of carbonyl (C=O) groups is 1. The average molecular weight is 334 g/mol. The first-order valence-electron chi connectivity index (χ1n) is 7.44. The normalized spacial score (nSPS) is 19.6. The number of sulfone groups is 1. The van der Waals surface area contributed by atoms with E-state index in [0.29, 0.717) is 23.8 Å². The largest absolute Gasteiger partial charge is 0.441 e. The van der Waals surface area contributed by atoms with Gasteiger partial charge in [0, 0.05) is 11.6 Å². The van der Waals surface area contributed by atoms with E-state index in [4.69, 9.17) is 4.42 Å². The lowest BCUT2D eigenvalue weighted by atomic mass is 10.2. The third-order valence-corrected chi connectivity index (χ3v) is 5.61. The molecular weight excluding hydrogens is 316 g/mol. The quantitative estimate of drug-likeness (QED) is 0.915. The molecule has 0 saturated carbocycles. The molecule has 1 aliphatic heterocycles. The highest BCUT2D eigenvalue weighted by Gasteiger charge is 2.29. The number of aromatic nitrogens is 1. The van der Waals surface area contributed by atoms with Crippen molar-refractivity contribution in [2.75, 3.05) is 11.5 Å². The van der Waals surface area contributed by atoms with Gasteiger partial charge in [-0.25, -0.2) is 13.4 Å². The standard InChI is InChI=1S/C16H18N2O4S/c1-11-14(18-16(22-11)12-5-3-2-4-6-12)9-15(19)17-13-7-8-23(20,21)10-13/h2-6,13H,7-10H2,1H3,(H,17,19)/t13-/m1/s1. The van der Waals surface area contributed by atoms with E-state index in [9.17, 15) is 13.2 Å². The van der Waals surface area contributed by atoms with E-state index in [1.807, 2.05) is 30.3 Å². The van der Waals surface area contributed by atoms with Crippen molar-refractivity contribution in [1.29, 1.82) is 0 Å². The number of nitrogens with one attached hydrogen (secondary N) is 1. The predicted octanol–water partition coefficient (Wildman–Crippen LogP) is 1.50. The number of hydrogen-bond acceptors (Lipinski definition) is 5. The van der Waals surface area contributed by atoms with Crippen LogP contribution in [-0.2, 0) is 21.1 Å². The Balaban J connectivity index is 1.66. The lowest BCUT2D eigenvalue weighted by Gasteiger charge is -2.09. The van der Waals surface area contributed by atoms with Gasteiger partial charge in [-0.2, -0.15) is 0 Å². The van der Waals surface area contributed by atoms with Gasteiger partial charge in [0.25, 0.3) is 0 Å². The van der Waals surface area contributed by atoms with Crippen LogP contribution >= 0.6 is 0 Å². The van der Waals surface area contributed by atoms with Crippen LogP contribution in [0.1, 0.15) is 17.9 Å². The molecule has 1 aliphatic rings. The summed E-state index contributed by atoms with van der Waals surface area (Å²) in [6.45, 7) is 1.77. The Morgan fingerprint density at radius 3 is 2.74 bits per heavy atom. The van der Waals surface area contributed by atoms with Crippen molar-refractivity contribution in [1.82, 2.24) is 10.3 Å². The van der Waals surface area contributed by atoms with Gasteiger partial charge in [0.15, 0.2) is 9.84 Å². The molecule has 1 amide bonds. The summed E-state index contributed by atoms with van der Waals surface area (Å²) in [5.41, 5.74) is 1.42. The number of hydrogen-bond donors (Lipinski definition) is 1. The van der Waals surface area contributed by atoms with Crippen LogP contribution in [0.2, 0.25) is 0 Å². The van der Waals surface area contributed by atoms with Crippen molar-refractivity contribution in [2.24, 2.45) is 0 Å². The van der Waals surface area contributed by atoms with Crippen LogP contribution in [0.15, 0.2) is 34.7 Å². The van der Waals surface area contributed by atoms with Gasteiger partial charge in [-0.05, 0) is 25.5 Å². The van der Waals surface area contributed by atoms with Gasteiger partial charge in [-0.15, -0.1) is 0 Å².